The zero-order valence-electron chi connectivity index (χ0n) is 16.4. The minimum atomic E-state index is -4.60. The number of hydroxylamine groups is 1. The molecular weight excluding hydrogens is 423 g/mol. The normalized spacial score (nSPS) is 23.0. The number of halogens is 3. The summed E-state index contributed by atoms with van der Waals surface area (Å²) in [6, 6.07) is 16.0. The molecular formula is C23H16F3N3O3. The molecule has 2 saturated heterocycles. The van der Waals surface area contributed by atoms with E-state index >= 15 is 0 Å². The maximum absolute atomic E-state index is 13.4. The molecule has 162 valence electrons. The number of para-hydroxylation sites is 1. The van der Waals surface area contributed by atoms with E-state index in [1.807, 2.05) is 6.07 Å². The van der Waals surface area contributed by atoms with Crippen molar-refractivity contribution < 1.29 is 27.6 Å². The number of anilines is 2. The lowest BCUT2D eigenvalue weighted by molar-refractivity contribution is -0.137. The van der Waals surface area contributed by atoms with Crippen LogP contribution >= 0.6 is 0 Å². The Labute approximate surface area is 180 Å². The van der Waals surface area contributed by atoms with Crippen LogP contribution in [0.5, 0.6) is 0 Å². The third kappa shape index (κ3) is 3.21. The Balaban J connectivity index is 1.56. The number of amides is 2. The van der Waals surface area contributed by atoms with Gasteiger partial charge in [0.25, 0.3) is 5.91 Å². The average molecular weight is 439 g/mol. The van der Waals surface area contributed by atoms with E-state index in [1.54, 1.807) is 48.8 Å². The summed E-state index contributed by atoms with van der Waals surface area (Å²) in [5.41, 5.74) is 0.274. The van der Waals surface area contributed by atoms with E-state index in [0.29, 0.717) is 11.3 Å². The first kappa shape index (κ1) is 20.2. The fourth-order valence-electron chi connectivity index (χ4n) is 4.19. The summed E-state index contributed by atoms with van der Waals surface area (Å²) in [5, 5.41) is 1.52. The van der Waals surface area contributed by atoms with Crippen molar-refractivity contribution in [1.82, 2.24) is 4.98 Å². The number of rotatable bonds is 3. The van der Waals surface area contributed by atoms with Crippen molar-refractivity contribution in [3.8, 4) is 0 Å². The fourth-order valence-corrected chi connectivity index (χ4v) is 4.19. The first-order valence-corrected chi connectivity index (χ1v) is 9.82. The van der Waals surface area contributed by atoms with Gasteiger partial charge in [0.15, 0.2) is 6.10 Å². The van der Waals surface area contributed by atoms with Gasteiger partial charge in [-0.3, -0.25) is 19.4 Å². The number of carbonyl (C=O) groups is 2. The molecule has 0 saturated carbocycles. The first-order valence-electron chi connectivity index (χ1n) is 9.82. The van der Waals surface area contributed by atoms with Gasteiger partial charge in [-0.25, -0.2) is 9.96 Å². The second kappa shape index (κ2) is 7.45. The van der Waals surface area contributed by atoms with Crippen molar-refractivity contribution in [3.63, 3.8) is 0 Å². The Morgan fingerprint density at radius 3 is 2.22 bits per heavy atom. The van der Waals surface area contributed by atoms with Gasteiger partial charge in [-0.2, -0.15) is 13.2 Å². The van der Waals surface area contributed by atoms with Crippen LogP contribution in [0.4, 0.5) is 24.5 Å². The smallest absolute Gasteiger partial charge is 0.273 e. The van der Waals surface area contributed by atoms with E-state index in [9.17, 15) is 22.8 Å². The standard InChI is InChI=1S/C23H16F3N3O3/c24-23(25,26)15-5-4-8-17(13-15)28-21(30)18-19(14-9-11-27-12-10-14)29(32-20(18)22(28)31)16-6-2-1-3-7-16/h1-13,18-20H/t18-,19+,20+/m0/s1. The van der Waals surface area contributed by atoms with Crippen LogP contribution in [0, 0.1) is 5.92 Å². The minimum absolute atomic E-state index is 0.132. The molecule has 0 bridgehead atoms. The molecule has 3 aromatic rings. The summed E-state index contributed by atoms with van der Waals surface area (Å²) < 4.78 is 39.5. The van der Waals surface area contributed by atoms with Crippen LogP contribution in [0.25, 0.3) is 0 Å². The molecule has 5 rings (SSSR count). The lowest BCUT2D eigenvalue weighted by Gasteiger charge is -2.28. The summed E-state index contributed by atoms with van der Waals surface area (Å²) in [4.78, 5) is 37.3. The first-order chi connectivity index (χ1) is 15.4. The number of fused-ring (bicyclic) bond motifs is 1. The quantitative estimate of drug-likeness (QED) is 0.574. The Morgan fingerprint density at radius 1 is 0.844 bits per heavy atom. The highest BCUT2D eigenvalue weighted by atomic mass is 19.4. The summed E-state index contributed by atoms with van der Waals surface area (Å²) in [5.74, 6) is -2.24. The number of carbonyl (C=O) groups excluding carboxylic acids is 2. The topological polar surface area (TPSA) is 62.7 Å². The number of nitrogens with zero attached hydrogens (tertiary/aromatic N) is 3. The number of hydrogen-bond donors (Lipinski definition) is 0. The summed E-state index contributed by atoms with van der Waals surface area (Å²) in [6.07, 6.45) is -2.62. The van der Waals surface area contributed by atoms with Crippen LogP contribution in [0.1, 0.15) is 17.2 Å². The van der Waals surface area contributed by atoms with Gasteiger partial charge in [0.2, 0.25) is 5.91 Å². The van der Waals surface area contributed by atoms with Crippen molar-refractivity contribution in [3.05, 3.63) is 90.3 Å². The summed E-state index contributed by atoms with van der Waals surface area (Å²) in [6.45, 7) is 0. The van der Waals surface area contributed by atoms with E-state index in [4.69, 9.17) is 4.84 Å². The van der Waals surface area contributed by atoms with E-state index in [1.165, 1.54) is 17.2 Å². The van der Waals surface area contributed by atoms with Gasteiger partial charge in [-0.15, -0.1) is 0 Å². The van der Waals surface area contributed by atoms with Gasteiger partial charge >= 0.3 is 6.18 Å². The molecule has 2 aliphatic heterocycles. The Hall–Kier alpha value is -3.72. The highest BCUT2D eigenvalue weighted by Crippen LogP contribution is 2.47. The van der Waals surface area contributed by atoms with E-state index < -0.39 is 41.6 Å². The number of aromatic nitrogens is 1. The molecule has 0 radical (unpaired) electrons. The molecule has 0 unspecified atom stereocenters. The van der Waals surface area contributed by atoms with Crippen molar-refractivity contribution >= 4 is 23.2 Å². The van der Waals surface area contributed by atoms with Gasteiger partial charge in [0.1, 0.15) is 5.92 Å². The molecule has 0 aliphatic carbocycles. The highest BCUT2D eigenvalue weighted by molar-refractivity contribution is 6.24. The monoisotopic (exact) mass is 439 g/mol. The van der Waals surface area contributed by atoms with Crippen molar-refractivity contribution in [2.75, 3.05) is 9.96 Å². The highest BCUT2D eigenvalue weighted by Gasteiger charge is 2.60. The van der Waals surface area contributed by atoms with Crippen molar-refractivity contribution in [2.45, 2.75) is 18.3 Å². The molecule has 9 heteroatoms. The molecule has 32 heavy (non-hydrogen) atoms. The molecule has 3 heterocycles. The van der Waals surface area contributed by atoms with E-state index in [2.05, 4.69) is 4.98 Å². The van der Waals surface area contributed by atoms with Gasteiger partial charge in [-0.05, 0) is 48.0 Å². The molecule has 0 spiro atoms. The van der Waals surface area contributed by atoms with Crippen molar-refractivity contribution in [1.29, 1.82) is 0 Å². The van der Waals surface area contributed by atoms with Crippen LogP contribution in [-0.2, 0) is 20.6 Å². The molecule has 2 aliphatic rings. The number of alkyl halides is 3. The van der Waals surface area contributed by atoms with Crippen LogP contribution in [0.15, 0.2) is 79.1 Å². The van der Waals surface area contributed by atoms with Crippen LogP contribution in [0.2, 0.25) is 0 Å². The zero-order valence-corrected chi connectivity index (χ0v) is 16.4. The maximum Gasteiger partial charge on any atom is 0.416 e. The third-order valence-electron chi connectivity index (χ3n) is 5.61. The van der Waals surface area contributed by atoms with Crippen LogP contribution < -0.4 is 9.96 Å². The predicted octanol–water partition coefficient (Wildman–Crippen LogP) is 4.15. The number of benzene rings is 2. The Bertz CT molecular complexity index is 1170. The van der Waals surface area contributed by atoms with E-state index in [-0.39, 0.29) is 5.69 Å². The van der Waals surface area contributed by atoms with Gasteiger partial charge in [-0.1, -0.05) is 24.3 Å². The maximum atomic E-state index is 13.4. The lowest BCUT2D eigenvalue weighted by atomic mass is 9.91. The lowest BCUT2D eigenvalue weighted by Crippen LogP contribution is -2.37. The average Bonchev–Trinajstić information content (AvgIpc) is 3.30. The second-order valence-corrected chi connectivity index (χ2v) is 7.50. The van der Waals surface area contributed by atoms with Crippen molar-refractivity contribution in [2.24, 2.45) is 5.92 Å². The fraction of sp³-hybridized carbons (Fsp3) is 0.174. The molecule has 2 amide bonds. The number of imide groups is 1. The Morgan fingerprint density at radius 2 is 1.53 bits per heavy atom. The summed E-state index contributed by atoms with van der Waals surface area (Å²) >= 11 is 0. The molecule has 3 atom stereocenters. The number of hydrogen-bond acceptors (Lipinski definition) is 5. The third-order valence-corrected chi connectivity index (χ3v) is 5.61. The molecule has 0 N–H and O–H groups in total. The molecule has 2 fully saturated rings. The zero-order chi connectivity index (χ0) is 22.5. The largest absolute Gasteiger partial charge is 0.416 e. The molecule has 2 aromatic carbocycles. The molecule has 1 aromatic heterocycles. The minimum Gasteiger partial charge on any atom is -0.273 e. The SMILES string of the molecule is O=C1[C@H]2[C@@H](c3ccncc3)N(c3ccccc3)O[C@H]2C(=O)N1c1cccc(C(F)(F)F)c1. The van der Waals surface area contributed by atoms with Crippen LogP contribution in [-0.4, -0.2) is 22.9 Å². The summed E-state index contributed by atoms with van der Waals surface area (Å²) in [7, 11) is 0. The van der Waals surface area contributed by atoms with Gasteiger partial charge in [0, 0.05) is 12.4 Å². The number of pyridine rings is 1. The second-order valence-electron chi connectivity index (χ2n) is 7.50. The van der Waals surface area contributed by atoms with Gasteiger partial charge in [0.05, 0.1) is 23.0 Å². The van der Waals surface area contributed by atoms with Crippen LogP contribution in [0.3, 0.4) is 0 Å². The molecule has 6 nitrogen and oxygen atoms in total. The predicted molar refractivity (Wildman–Crippen MR) is 108 cm³/mol. The Kier molecular flexibility index (Phi) is 4.70. The van der Waals surface area contributed by atoms with E-state index in [0.717, 1.165) is 17.0 Å². The van der Waals surface area contributed by atoms with Gasteiger partial charge < -0.3 is 0 Å².